The number of nitrogens with zero attached hydrogens (tertiary/aromatic N) is 2. The number of H-pyrrole nitrogens is 1. The van der Waals surface area contributed by atoms with Crippen LogP contribution in [0.15, 0.2) is 24.3 Å². The third-order valence-corrected chi connectivity index (χ3v) is 7.57. The highest BCUT2D eigenvalue weighted by Crippen LogP contribution is 2.49. The molecular formula is C25H35N3O2. The van der Waals surface area contributed by atoms with Gasteiger partial charge in [0.2, 0.25) is 0 Å². The van der Waals surface area contributed by atoms with E-state index < -0.39 is 0 Å². The topological polar surface area (TPSA) is 48.6 Å². The third-order valence-electron chi connectivity index (χ3n) is 7.57. The summed E-state index contributed by atoms with van der Waals surface area (Å²) in [5.74, 6) is 1.57. The molecule has 1 aliphatic heterocycles. The summed E-state index contributed by atoms with van der Waals surface area (Å²) in [6.07, 6.45) is 3.11. The van der Waals surface area contributed by atoms with E-state index in [-0.39, 0.29) is 11.3 Å². The number of amides is 1. The van der Waals surface area contributed by atoms with Crippen LogP contribution in [0.3, 0.4) is 0 Å². The number of ether oxygens (including phenoxy) is 1. The third kappa shape index (κ3) is 3.33. The van der Waals surface area contributed by atoms with Crippen LogP contribution in [0.2, 0.25) is 0 Å². The predicted molar refractivity (Wildman–Crippen MR) is 120 cm³/mol. The van der Waals surface area contributed by atoms with E-state index in [0.29, 0.717) is 5.92 Å². The molecule has 2 atom stereocenters. The van der Waals surface area contributed by atoms with Gasteiger partial charge in [-0.2, -0.15) is 0 Å². The monoisotopic (exact) mass is 409 g/mol. The van der Waals surface area contributed by atoms with Gasteiger partial charge in [-0.3, -0.25) is 4.79 Å². The number of benzene rings is 1. The number of hydrogen-bond donors (Lipinski definition) is 1. The highest BCUT2D eigenvalue weighted by molar-refractivity contribution is 5.94. The molecule has 0 bridgehead atoms. The molecule has 1 fully saturated rings. The van der Waals surface area contributed by atoms with Gasteiger partial charge in [0.15, 0.2) is 0 Å². The number of carbonyl (C=O) groups excluding carboxylic acids is 1. The van der Waals surface area contributed by atoms with Crippen molar-refractivity contribution in [3.63, 3.8) is 0 Å². The number of rotatable bonds is 5. The Morgan fingerprint density at radius 2 is 2.10 bits per heavy atom. The number of methoxy groups -OCH3 is 1. The lowest BCUT2D eigenvalue weighted by Gasteiger charge is -2.50. The average molecular weight is 410 g/mol. The van der Waals surface area contributed by atoms with Gasteiger partial charge in [-0.25, -0.2) is 0 Å². The van der Waals surface area contributed by atoms with Gasteiger partial charge in [-0.1, -0.05) is 12.1 Å². The van der Waals surface area contributed by atoms with Crippen LogP contribution in [0.4, 0.5) is 0 Å². The molecule has 0 radical (unpaired) electrons. The number of carbonyl (C=O) groups is 1. The fourth-order valence-corrected chi connectivity index (χ4v) is 5.70. The molecule has 30 heavy (non-hydrogen) atoms. The standard InChI is InChI=1S/C25H35N3O2/c1-6-28(7-2)24(29)23-17(3)21-15-25(18-9-8-10-20(13-18)30-5)11-12-27(4)16-19(25)14-22(21)26-23/h8-10,13,19,26H,6-7,11-12,14-16H2,1-5H3/t19-,25+/m0/s1. The van der Waals surface area contributed by atoms with E-state index in [2.05, 4.69) is 42.1 Å². The lowest BCUT2D eigenvalue weighted by Crippen LogP contribution is -2.52. The van der Waals surface area contributed by atoms with E-state index >= 15 is 0 Å². The van der Waals surface area contributed by atoms with Gasteiger partial charge in [0.05, 0.1) is 7.11 Å². The van der Waals surface area contributed by atoms with Gasteiger partial charge in [-0.15, -0.1) is 0 Å². The van der Waals surface area contributed by atoms with Crippen LogP contribution in [-0.4, -0.2) is 61.0 Å². The van der Waals surface area contributed by atoms with Crippen LogP contribution in [-0.2, 0) is 18.3 Å². The van der Waals surface area contributed by atoms with E-state index in [1.165, 1.54) is 16.8 Å². The Balaban J connectivity index is 1.78. The molecule has 1 aromatic heterocycles. The lowest BCUT2D eigenvalue weighted by molar-refractivity contribution is 0.0766. The van der Waals surface area contributed by atoms with Crippen molar-refractivity contribution < 1.29 is 9.53 Å². The van der Waals surface area contributed by atoms with Gasteiger partial charge in [-0.05, 0) is 88.4 Å². The van der Waals surface area contributed by atoms with Crippen molar-refractivity contribution in [3.05, 3.63) is 52.3 Å². The van der Waals surface area contributed by atoms with Gasteiger partial charge >= 0.3 is 0 Å². The number of aromatic amines is 1. The predicted octanol–water partition coefficient (Wildman–Crippen LogP) is 3.80. The maximum absolute atomic E-state index is 13.1. The number of fused-ring (bicyclic) bond motifs is 2. The normalized spacial score (nSPS) is 23.6. The summed E-state index contributed by atoms with van der Waals surface area (Å²) in [6.45, 7) is 9.86. The van der Waals surface area contributed by atoms with E-state index in [9.17, 15) is 4.79 Å². The number of piperidine rings is 1. The van der Waals surface area contributed by atoms with Crippen molar-refractivity contribution in [2.75, 3.05) is 40.3 Å². The minimum atomic E-state index is 0.0938. The second kappa shape index (κ2) is 8.10. The van der Waals surface area contributed by atoms with Gasteiger partial charge < -0.3 is 19.5 Å². The zero-order valence-corrected chi connectivity index (χ0v) is 19.0. The van der Waals surface area contributed by atoms with Gasteiger partial charge in [0, 0.05) is 30.7 Å². The first-order chi connectivity index (χ1) is 14.4. The Labute approximate surface area is 180 Å². The molecule has 162 valence electrons. The van der Waals surface area contributed by atoms with Crippen LogP contribution < -0.4 is 4.74 Å². The minimum absolute atomic E-state index is 0.0938. The Hall–Kier alpha value is -2.27. The zero-order valence-electron chi connectivity index (χ0n) is 19.0. The van der Waals surface area contributed by atoms with Crippen molar-refractivity contribution >= 4 is 5.91 Å². The maximum atomic E-state index is 13.1. The van der Waals surface area contributed by atoms with Crippen LogP contribution >= 0.6 is 0 Å². The summed E-state index contributed by atoms with van der Waals surface area (Å²) >= 11 is 0. The van der Waals surface area contributed by atoms with Crippen molar-refractivity contribution in [1.29, 1.82) is 0 Å². The van der Waals surface area contributed by atoms with Crippen LogP contribution in [0, 0.1) is 12.8 Å². The number of hydrogen-bond acceptors (Lipinski definition) is 3. The molecule has 5 nitrogen and oxygen atoms in total. The van der Waals surface area contributed by atoms with Crippen LogP contribution in [0.5, 0.6) is 5.75 Å². The second-order valence-corrected chi connectivity index (χ2v) is 9.04. The molecular weight excluding hydrogens is 374 g/mol. The first kappa shape index (κ1) is 21.0. The molecule has 1 amide bonds. The van der Waals surface area contributed by atoms with E-state index in [4.69, 9.17) is 4.74 Å². The Morgan fingerprint density at radius 1 is 1.33 bits per heavy atom. The number of nitrogens with one attached hydrogen (secondary N) is 1. The molecule has 1 aliphatic carbocycles. The summed E-state index contributed by atoms with van der Waals surface area (Å²) < 4.78 is 5.56. The summed E-state index contributed by atoms with van der Waals surface area (Å²) in [5.41, 5.74) is 6.02. The first-order valence-corrected chi connectivity index (χ1v) is 11.3. The Bertz CT molecular complexity index is 930. The molecule has 5 heteroatoms. The molecule has 2 heterocycles. The number of likely N-dealkylation sites (tertiary alicyclic amines) is 1. The van der Waals surface area contributed by atoms with Crippen LogP contribution in [0.25, 0.3) is 0 Å². The van der Waals surface area contributed by atoms with Gasteiger partial charge in [0.25, 0.3) is 5.91 Å². The summed E-state index contributed by atoms with van der Waals surface area (Å²) in [4.78, 5) is 21.0. The fourth-order valence-electron chi connectivity index (χ4n) is 5.70. The molecule has 0 unspecified atom stereocenters. The van der Waals surface area contributed by atoms with Crippen molar-refractivity contribution in [1.82, 2.24) is 14.8 Å². The Kier molecular flexibility index (Phi) is 5.67. The molecule has 1 N–H and O–H groups in total. The quantitative estimate of drug-likeness (QED) is 0.817. The lowest BCUT2D eigenvalue weighted by atomic mass is 9.58. The fraction of sp³-hybridized carbons (Fsp3) is 0.560. The van der Waals surface area contributed by atoms with Crippen LogP contribution in [0.1, 0.15) is 53.1 Å². The molecule has 1 aromatic carbocycles. The van der Waals surface area contributed by atoms with E-state index in [1.807, 2.05) is 24.8 Å². The van der Waals surface area contributed by atoms with Crippen molar-refractivity contribution in [2.24, 2.45) is 5.92 Å². The minimum Gasteiger partial charge on any atom is -0.497 e. The molecule has 0 spiro atoms. The van der Waals surface area contributed by atoms with E-state index in [0.717, 1.165) is 62.4 Å². The summed E-state index contributed by atoms with van der Waals surface area (Å²) in [7, 11) is 3.96. The molecule has 4 rings (SSSR count). The molecule has 2 aliphatic rings. The van der Waals surface area contributed by atoms with Crippen molar-refractivity contribution in [2.45, 2.75) is 45.4 Å². The molecule has 1 saturated heterocycles. The highest BCUT2D eigenvalue weighted by atomic mass is 16.5. The van der Waals surface area contributed by atoms with Gasteiger partial charge in [0.1, 0.15) is 11.4 Å². The number of aromatic nitrogens is 1. The zero-order chi connectivity index (χ0) is 21.5. The van der Waals surface area contributed by atoms with E-state index in [1.54, 1.807) is 7.11 Å². The SMILES string of the molecule is CCN(CC)C(=O)c1[nH]c2c(c1C)C[C@@]1(c3cccc(OC)c3)CCN(C)C[C@@H]1C2. The average Bonchev–Trinajstić information content (AvgIpc) is 3.08. The second-order valence-electron chi connectivity index (χ2n) is 9.04. The summed E-state index contributed by atoms with van der Waals surface area (Å²) in [5, 5.41) is 0. The molecule has 0 saturated carbocycles. The Morgan fingerprint density at radius 3 is 2.80 bits per heavy atom. The van der Waals surface area contributed by atoms with Crippen molar-refractivity contribution in [3.8, 4) is 5.75 Å². The summed E-state index contributed by atoms with van der Waals surface area (Å²) in [6, 6.07) is 8.65. The maximum Gasteiger partial charge on any atom is 0.270 e. The largest absolute Gasteiger partial charge is 0.497 e. The first-order valence-electron chi connectivity index (χ1n) is 11.3. The molecule has 2 aromatic rings. The smallest absolute Gasteiger partial charge is 0.270 e. The highest BCUT2D eigenvalue weighted by Gasteiger charge is 2.48.